The van der Waals surface area contributed by atoms with Gasteiger partial charge < -0.3 is 0 Å². The molecule has 0 aliphatic rings. The number of nitrogens with zero attached hydrogens (tertiary/aromatic N) is 4. The Bertz CT molecular complexity index is 880. The Morgan fingerprint density at radius 1 is 1.41 bits per heavy atom. The fourth-order valence-electron chi connectivity index (χ4n) is 1.88. The fourth-order valence-corrected chi connectivity index (χ4v) is 3.50. The van der Waals surface area contributed by atoms with Crippen LogP contribution in [0.1, 0.15) is 29.2 Å². The highest BCUT2D eigenvalue weighted by Gasteiger charge is 2.16. The molecule has 0 bridgehead atoms. The van der Waals surface area contributed by atoms with Crippen LogP contribution >= 0.6 is 22.7 Å². The smallest absolute Gasteiger partial charge is 0.271 e. The number of carbonyl (C=O) groups excluding carboxylic acids is 1. The molecule has 0 radical (unpaired) electrons. The van der Waals surface area contributed by atoms with E-state index in [1.165, 1.54) is 33.3 Å². The molecule has 0 aliphatic carbocycles. The van der Waals surface area contributed by atoms with Crippen LogP contribution in [0.2, 0.25) is 0 Å². The summed E-state index contributed by atoms with van der Waals surface area (Å²) >= 11 is 2.65. The van der Waals surface area contributed by atoms with Crippen LogP contribution in [-0.2, 0) is 6.42 Å². The number of hydrogen-bond donors (Lipinski definition) is 1. The molecule has 0 aromatic carbocycles. The van der Waals surface area contributed by atoms with Gasteiger partial charge in [0.25, 0.3) is 11.5 Å². The number of carbonyl (C=O) groups is 1. The maximum absolute atomic E-state index is 12.2. The summed E-state index contributed by atoms with van der Waals surface area (Å²) in [7, 11) is 0. The molecule has 7 nitrogen and oxygen atoms in total. The Labute approximate surface area is 133 Å². The van der Waals surface area contributed by atoms with Crippen molar-refractivity contribution in [2.24, 2.45) is 5.92 Å². The molecule has 0 spiro atoms. The van der Waals surface area contributed by atoms with Crippen molar-refractivity contribution in [1.82, 2.24) is 19.6 Å². The van der Waals surface area contributed by atoms with Crippen molar-refractivity contribution in [3.05, 3.63) is 38.7 Å². The first-order chi connectivity index (χ1) is 10.5. The number of thiazole rings is 1. The van der Waals surface area contributed by atoms with Gasteiger partial charge >= 0.3 is 0 Å². The van der Waals surface area contributed by atoms with E-state index in [-0.39, 0.29) is 5.56 Å². The van der Waals surface area contributed by atoms with E-state index in [0.717, 1.165) is 11.4 Å². The summed E-state index contributed by atoms with van der Waals surface area (Å²) in [5.74, 6) is -0.0586. The first-order valence-electron chi connectivity index (χ1n) is 6.63. The van der Waals surface area contributed by atoms with Gasteiger partial charge in [0.2, 0.25) is 5.13 Å². The monoisotopic (exact) mass is 335 g/mol. The SMILES string of the molecule is CC(C)Cc1nnc(NC(=O)c2cnc3sccn3c2=O)s1. The van der Waals surface area contributed by atoms with Gasteiger partial charge in [-0.05, 0) is 5.92 Å². The molecule has 3 aromatic heterocycles. The van der Waals surface area contributed by atoms with Gasteiger partial charge in [-0.2, -0.15) is 0 Å². The molecular formula is C13H13N5O2S2. The molecule has 22 heavy (non-hydrogen) atoms. The summed E-state index contributed by atoms with van der Waals surface area (Å²) in [4.78, 5) is 29.1. The highest BCUT2D eigenvalue weighted by molar-refractivity contribution is 7.15. The van der Waals surface area contributed by atoms with Gasteiger partial charge in [-0.25, -0.2) is 4.98 Å². The fraction of sp³-hybridized carbons (Fsp3) is 0.308. The molecule has 0 fully saturated rings. The van der Waals surface area contributed by atoms with Gasteiger partial charge in [-0.15, -0.1) is 21.5 Å². The summed E-state index contributed by atoms with van der Waals surface area (Å²) < 4.78 is 1.35. The van der Waals surface area contributed by atoms with Crippen LogP contribution in [0, 0.1) is 5.92 Å². The summed E-state index contributed by atoms with van der Waals surface area (Å²) in [6, 6.07) is 0. The third kappa shape index (κ3) is 2.90. The number of amides is 1. The standard InChI is InChI=1S/C13H13N5O2S2/c1-7(2)5-9-16-17-12(22-9)15-10(19)8-6-14-13-18(11(8)20)3-4-21-13/h3-4,6-7H,5H2,1-2H3,(H,15,17,19). The van der Waals surface area contributed by atoms with Crippen molar-refractivity contribution < 1.29 is 4.79 Å². The minimum Gasteiger partial charge on any atom is -0.296 e. The molecule has 1 amide bonds. The van der Waals surface area contributed by atoms with Crippen molar-refractivity contribution >= 4 is 38.7 Å². The van der Waals surface area contributed by atoms with Crippen molar-refractivity contribution in [2.75, 3.05) is 5.32 Å². The van der Waals surface area contributed by atoms with Crippen molar-refractivity contribution in [3.8, 4) is 0 Å². The number of nitrogens with one attached hydrogen (secondary N) is 1. The van der Waals surface area contributed by atoms with Gasteiger partial charge in [-0.1, -0.05) is 25.2 Å². The van der Waals surface area contributed by atoms with E-state index in [0.29, 0.717) is 16.0 Å². The quantitative estimate of drug-likeness (QED) is 0.788. The molecule has 3 aromatic rings. The first kappa shape index (κ1) is 14.8. The number of anilines is 1. The van der Waals surface area contributed by atoms with E-state index in [2.05, 4.69) is 34.3 Å². The van der Waals surface area contributed by atoms with Gasteiger partial charge in [-0.3, -0.25) is 19.3 Å². The van der Waals surface area contributed by atoms with Gasteiger partial charge in [0.05, 0.1) is 0 Å². The highest BCUT2D eigenvalue weighted by Crippen LogP contribution is 2.18. The zero-order valence-corrected chi connectivity index (χ0v) is 13.6. The molecule has 3 rings (SSSR count). The first-order valence-corrected chi connectivity index (χ1v) is 8.33. The van der Waals surface area contributed by atoms with Gasteiger partial charge in [0, 0.05) is 24.2 Å². The minimum absolute atomic E-state index is 0.0171. The molecular weight excluding hydrogens is 322 g/mol. The second-order valence-electron chi connectivity index (χ2n) is 5.09. The van der Waals surface area contributed by atoms with E-state index in [1.807, 2.05) is 0 Å². The minimum atomic E-state index is -0.523. The lowest BCUT2D eigenvalue weighted by Gasteiger charge is -2.00. The number of hydrogen-bond acceptors (Lipinski definition) is 7. The lowest BCUT2D eigenvalue weighted by Crippen LogP contribution is -2.25. The Morgan fingerprint density at radius 2 is 2.23 bits per heavy atom. The average Bonchev–Trinajstić information content (AvgIpc) is 3.08. The second kappa shape index (κ2) is 5.93. The molecule has 0 saturated heterocycles. The molecule has 0 atom stereocenters. The van der Waals surface area contributed by atoms with E-state index >= 15 is 0 Å². The number of fused-ring (bicyclic) bond motifs is 1. The normalized spacial score (nSPS) is 11.2. The largest absolute Gasteiger partial charge is 0.296 e. The van der Waals surface area contributed by atoms with Crippen LogP contribution in [0.5, 0.6) is 0 Å². The maximum atomic E-state index is 12.2. The summed E-state index contributed by atoms with van der Waals surface area (Å²) in [5, 5.41) is 13.5. The summed E-state index contributed by atoms with van der Waals surface area (Å²) in [5.41, 5.74) is -0.410. The van der Waals surface area contributed by atoms with Gasteiger partial charge in [0.15, 0.2) is 4.96 Å². The van der Waals surface area contributed by atoms with Crippen molar-refractivity contribution in [3.63, 3.8) is 0 Å². The third-order valence-corrected chi connectivity index (χ3v) is 4.49. The van der Waals surface area contributed by atoms with Crippen LogP contribution in [0.25, 0.3) is 4.96 Å². The van der Waals surface area contributed by atoms with E-state index in [9.17, 15) is 9.59 Å². The van der Waals surface area contributed by atoms with Crippen LogP contribution in [0.3, 0.4) is 0 Å². The highest BCUT2D eigenvalue weighted by atomic mass is 32.1. The lowest BCUT2D eigenvalue weighted by molar-refractivity contribution is 0.102. The Hall–Kier alpha value is -2.13. The Kier molecular flexibility index (Phi) is 3.99. The zero-order valence-electron chi connectivity index (χ0n) is 11.9. The van der Waals surface area contributed by atoms with Gasteiger partial charge in [0.1, 0.15) is 10.6 Å². The van der Waals surface area contributed by atoms with Crippen molar-refractivity contribution in [2.45, 2.75) is 20.3 Å². The van der Waals surface area contributed by atoms with Crippen LogP contribution in [0.15, 0.2) is 22.6 Å². The van der Waals surface area contributed by atoms with E-state index in [4.69, 9.17) is 0 Å². The molecule has 0 unspecified atom stereocenters. The van der Waals surface area contributed by atoms with Crippen LogP contribution in [0.4, 0.5) is 5.13 Å². The van der Waals surface area contributed by atoms with Crippen LogP contribution < -0.4 is 10.9 Å². The lowest BCUT2D eigenvalue weighted by atomic mass is 10.1. The van der Waals surface area contributed by atoms with Crippen molar-refractivity contribution in [1.29, 1.82) is 0 Å². The molecule has 114 valence electrons. The zero-order chi connectivity index (χ0) is 15.7. The maximum Gasteiger partial charge on any atom is 0.271 e. The molecule has 3 heterocycles. The average molecular weight is 335 g/mol. The topological polar surface area (TPSA) is 89.2 Å². The summed E-state index contributed by atoms with van der Waals surface area (Å²) in [6.45, 7) is 4.17. The third-order valence-electron chi connectivity index (χ3n) is 2.86. The van der Waals surface area contributed by atoms with Crippen LogP contribution in [-0.4, -0.2) is 25.5 Å². The number of rotatable bonds is 4. The molecule has 1 N–H and O–H groups in total. The molecule has 0 saturated carbocycles. The number of aromatic nitrogens is 4. The Balaban J connectivity index is 1.82. The van der Waals surface area contributed by atoms with E-state index in [1.54, 1.807) is 11.6 Å². The molecule has 0 aliphatic heterocycles. The summed E-state index contributed by atoms with van der Waals surface area (Å²) in [6.07, 6.45) is 3.69. The second-order valence-corrected chi connectivity index (χ2v) is 7.02. The van der Waals surface area contributed by atoms with E-state index < -0.39 is 11.5 Å². The predicted molar refractivity (Wildman–Crippen MR) is 85.7 cm³/mol. The Morgan fingerprint density at radius 3 is 3.00 bits per heavy atom. The predicted octanol–water partition coefficient (Wildman–Crippen LogP) is 2.06. The molecule has 9 heteroatoms.